The highest BCUT2D eigenvalue weighted by atomic mass is 35.5. The van der Waals surface area contributed by atoms with E-state index in [1.54, 1.807) is 7.11 Å². The lowest BCUT2D eigenvalue weighted by Crippen LogP contribution is -2.11. The molecule has 2 aromatic rings. The number of hydrogen-bond acceptors (Lipinski definition) is 6. The summed E-state index contributed by atoms with van der Waals surface area (Å²) < 4.78 is 4.90. The Morgan fingerprint density at radius 1 is 1.05 bits per heavy atom. The van der Waals surface area contributed by atoms with E-state index >= 15 is 0 Å². The lowest BCUT2D eigenvalue weighted by Gasteiger charge is -2.08. The first-order valence-corrected chi connectivity index (χ1v) is 7.08. The maximum absolute atomic E-state index is 5.85. The number of nitrogens with zero attached hydrogens (tertiary/aromatic N) is 3. The standard InChI is InChI=1S/C14H18ClN5O/c1-21-10-17-14-19-12(15)18-13(20-14)16-9-5-8-11-6-3-2-4-7-11/h2-4,6-7H,5,8-10H2,1H3,(H2,16,17,18,19,20). The van der Waals surface area contributed by atoms with Crippen molar-refractivity contribution in [3.63, 3.8) is 0 Å². The summed E-state index contributed by atoms with van der Waals surface area (Å²) in [6, 6.07) is 10.3. The van der Waals surface area contributed by atoms with Crippen molar-refractivity contribution < 1.29 is 4.74 Å². The minimum Gasteiger partial charge on any atom is -0.364 e. The fourth-order valence-electron chi connectivity index (χ4n) is 1.78. The van der Waals surface area contributed by atoms with Crippen molar-refractivity contribution in [3.05, 3.63) is 41.2 Å². The summed E-state index contributed by atoms with van der Waals surface area (Å²) in [5.41, 5.74) is 1.32. The van der Waals surface area contributed by atoms with Crippen LogP contribution < -0.4 is 10.6 Å². The number of halogens is 1. The van der Waals surface area contributed by atoms with Gasteiger partial charge in [-0.3, -0.25) is 0 Å². The van der Waals surface area contributed by atoms with Crippen LogP contribution in [0.5, 0.6) is 0 Å². The van der Waals surface area contributed by atoms with Crippen molar-refractivity contribution in [2.45, 2.75) is 12.8 Å². The summed E-state index contributed by atoms with van der Waals surface area (Å²) in [5.74, 6) is 0.851. The van der Waals surface area contributed by atoms with Gasteiger partial charge in [-0.05, 0) is 30.0 Å². The van der Waals surface area contributed by atoms with Crippen LogP contribution >= 0.6 is 11.6 Å². The summed E-state index contributed by atoms with van der Waals surface area (Å²) in [6.07, 6.45) is 1.98. The molecule has 0 aliphatic rings. The quantitative estimate of drug-likeness (QED) is 0.577. The summed E-state index contributed by atoms with van der Waals surface area (Å²) in [5, 5.41) is 6.18. The highest BCUT2D eigenvalue weighted by Crippen LogP contribution is 2.10. The van der Waals surface area contributed by atoms with E-state index in [1.807, 2.05) is 18.2 Å². The molecule has 6 nitrogen and oxygen atoms in total. The van der Waals surface area contributed by atoms with Crippen LogP contribution in [-0.2, 0) is 11.2 Å². The molecule has 0 spiro atoms. The third-order valence-electron chi connectivity index (χ3n) is 2.75. The second-order valence-corrected chi connectivity index (χ2v) is 4.72. The highest BCUT2D eigenvalue weighted by Gasteiger charge is 2.04. The number of benzene rings is 1. The smallest absolute Gasteiger partial charge is 0.230 e. The first kappa shape index (κ1) is 15.5. The number of hydrogen-bond donors (Lipinski definition) is 2. The average Bonchev–Trinajstić information content (AvgIpc) is 2.50. The van der Waals surface area contributed by atoms with E-state index in [1.165, 1.54) is 5.56 Å². The molecule has 0 atom stereocenters. The number of nitrogens with one attached hydrogen (secondary N) is 2. The van der Waals surface area contributed by atoms with Gasteiger partial charge in [0, 0.05) is 13.7 Å². The lowest BCUT2D eigenvalue weighted by molar-refractivity contribution is 0.220. The molecule has 21 heavy (non-hydrogen) atoms. The maximum Gasteiger partial charge on any atom is 0.230 e. The topological polar surface area (TPSA) is 72.0 Å². The lowest BCUT2D eigenvalue weighted by atomic mass is 10.1. The summed E-state index contributed by atoms with van der Waals surface area (Å²) in [6.45, 7) is 1.08. The van der Waals surface area contributed by atoms with Crippen LogP contribution in [-0.4, -0.2) is 35.3 Å². The summed E-state index contributed by atoms with van der Waals surface area (Å²) >= 11 is 5.85. The van der Waals surface area contributed by atoms with Crippen molar-refractivity contribution >= 4 is 23.5 Å². The van der Waals surface area contributed by atoms with Gasteiger partial charge in [-0.15, -0.1) is 0 Å². The molecule has 0 aliphatic carbocycles. The van der Waals surface area contributed by atoms with E-state index in [4.69, 9.17) is 16.3 Å². The van der Waals surface area contributed by atoms with Gasteiger partial charge >= 0.3 is 0 Å². The van der Waals surface area contributed by atoms with Crippen molar-refractivity contribution in [1.29, 1.82) is 0 Å². The number of ether oxygens (including phenoxy) is 1. The first-order chi connectivity index (χ1) is 10.3. The maximum atomic E-state index is 5.85. The van der Waals surface area contributed by atoms with Crippen molar-refractivity contribution in [1.82, 2.24) is 15.0 Å². The van der Waals surface area contributed by atoms with Gasteiger partial charge in [0.25, 0.3) is 0 Å². The zero-order chi connectivity index (χ0) is 14.9. The number of aryl methyl sites for hydroxylation is 1. The van der Waals surface area contributed by atoms with Crippen LogP contribution in [0.4, 0.5) is 11.9 Å². The molecule has 0 radical (unpaired) electrons. The van der Waals surface area contributed by atoms with Gasteiger partial charge in [0.05, 0.1) is 0 Å². The van der Waals surface area contributed by atoms with Crippen molar-refractivity contribution in [2.24, 2.45) is 0 Å². The molecular formula is C14H18ClN5O. The fourth-order valence-corrected chi connectivity index (χ4v) is 1.94. The van der Waals surface area contributed by atoms with Crippen LogP contribution in [0.1, 0.15) is 12.0 Å². The van der Waals surface area contributed by atoms with Crippen LogP contribution in [0, 0.1) is 0 Å². The average molecular weight is 308 g/mol. The molecule has 0 saturated heterocycles. The molecule has 0 unspecified atom stereocenters. The SMILES string of the molecule is COCNc1nc(Cl)nc(NCCCc2ccccc2)n1. The highest BCUT2D eigenvalue weighted by molar-refractivity contribution is 6.28. The van der Waals surface area contributed by atoms with E-state index in [0.717, 1.165) is 19.4 Å². The molecule has 0 bridgehead atoms. The van der Waals surface area contributed by atoms with E-state index < -0.39 is 0 Å². The van der Waals surface area contributed by atoms with Crippen LogP contribution in [0.15, 0.2) is 30.3 Å². The molecular weight excluding hydrogens is 290 g/mol. The van der Waals surface area contributed by atoms with Gasteiger partial charge in [-0.1, -0.05) is 30.3 Å². The van der Waals surface area contributed by atoms with Gasteiger partial charge in [-0.25, -0.2) is 0 Å². The van der Waals surface area contributed by atoms with Crippen molar-refractivity contribution in [3.8, 4) is 0 Å². The second kappa shape index (κ2) is 8.39. The van der Waals surface area contributed by atoms with Gasteiger partial charge < -0.3 is 15.4 Å². The van der Waals surface area contributed by atoms with Crippen LogP contribution in [0.3, 0.4) is 0 Å². The molecule has 0 amide bonds. The van der Waals surface area contributed by atoms with E-state index in [0.29, 0.717) is 18.6 Å². The molecule has 0 aliphatic heterocycles. The summed E-state index contributed by atoms with van der Waals surface area (Å²) in [7, 11) is 1.58. The van der Waals surface area contributed by atoms with Gasteiger partial charge in [0.2, 0.25) is 17.2 Å². The Bertz CT molecular complexity index is 552. The second-order valence-electron chi connectivity index (χ2n) is 4.38. The van der Waals surface area contributed by atoms with E-state index in [-0.39, 0.29) is 5.28 Å². The molecule has 0 fully saturated rings. The fraction of sp³-hybridized carbons (Fsp3) is 0.357. The number of rotatable bonds is 8. The minimum absolute atomic E-state index is 0.147. The Kier molecular flexibility index (Phi) is 6.18. The van der Waals surface area contributed by atoms with Crippen LogP contribution in [0.25, 0.3) is 0 Å². The van der Waals surface area contributed by atoms with Crippen LogP contribution in [0.2, 0.25) is 5.28 Å². The summed E-state index contributed by atoms with van der Waals surface area (Å²) in [4.78, 5) is 12.2. The Balaban J connectivity index is 1.81. The third-order valence-corrected chi connectivity index (χ3v) is 2.92. The van der Waals surface area contributed by atoms with Crippen molar-refractivity contribution in [2.75, 3.05) is 31.0 Å². The largest absolute Gasteiger partial charge is 0.364 e. The number of aromatic nitrogens is 3. The van der Waals surface area contributed by atoms with E-state index in [2.05, 4.69) is 37.7 Å². The molecule has 2 rings (SSSR count). The molecule has 1 aromatic carbocycles. The predicted molar refractivity (Wildman–Crippen MR) is 83.6 cm³/mol. The Hall–Kier alpha value is -1.92. The molecule has 1 heterocycles. The Labute approximate surface area is 128 Å². The molecule has 0 saturated carbocycles. The molecule has 1 aromatic heterocycles. The predicted octanol–water partition coefficient (Wildman–Crippen LogP) is 2.59. The zero-order valence-electron chi connectivity index (χ0n) is 11.8. The minimum atomic E-state index is 0.147. The molecule has 112 valence electrons. The van der Waals surface area contributed by atoms with Gasteiger partial charge in [0.15, 0.2) is 0 Å². The first-order valence-electron chi connectivity index (χ1n) is 6.70. The number of anilines is 2. The monoisotopic (exact) mass is 307 g/mol. The zero-order valence-corrected chi connectivity index (χ0v) is 12.6. The molecule has 7 heteroatoms. The van der Waals surface area contributed by atoms with Gasteiger partial charge in [0.1, 0.15) is 6.73 Å². The Morgan fingerprint density at radius 2 is 1.76 bits per heavy atom. The Morgan fingerprint density at radius 3 is 2.48 bits per heavy atom. The normalized spacial score (nSPS) is 10.4. The number of methoxy groups -OCH3 is 1. The third kappa shape index (κ3) is 5.53. The van der Waals surface area contributed by atoms with E-state index in [9.17, 15) is 0 Å². The van der Waals surface area contributed by atoms with Gasteiger partial charge in [-0.2, -0.15) is 15.0 Å². The molecule has 2 N–H and O–H groups in total.